The lowest BCUT2D eigenvalue weighted by molar-refractivity contribution is 0.101. The number of nitrogens with one attached hydrogen (secondary N) is 5. The molecule has 4 aliphatic rings. The molecule has 0 aliphatic carbocycles. The molecule has 0 radical (unpaired) electrons. The molecule has 16 aromatic rings. The van der Waals surface area contributed by atoms with Gasteiger partial charge in [0.1, 0.15) is 28.8 Å². The second kappa shape index (κ2) is 47.8. The van der Waals surface area contributed by atoms with Crippen LogP contribution < -0.4 is 55.7 Å². The number of hydrogen-bond acceptors (Lipinski definition) is 18. The van der Waals surface area contributed by atoms with Crippen LogP contribution in [0.3, 0.4) is 0 Å². The van der Waals surface area contributed by atoms with Crippen LogP contribution in [0.5, 0.6) is 23.0 Å². The molecule has 11 aromatic carbocycles. The summed E-state index contributed by atoms with van der Waals surface area (Å²) in [5.41, 5.74) is 24.6. The fourth-order valence-corrected chi connectivity index (χ4v) is 17.7. The lowest BCUT2D eigenvalue weighted by Gasteiger charge is -2.36. The number of likely N-dealkylation sites (N-methyl/N-ethyl adjacent to an activating group) is 2. The first-order valence-corrected chi connectivity index (χ1v) is 49.6. The molecule has 4 fully saturated rings. The zero-order valence-corrected chi connectivity index (χ0v) is 84.8. The summed E-state index contributed by atoms with van der Waals surface area (Å²) in [6.07, 6.45) is 18.2. The molecule has 0 spiro atoms. The third-order valence-corrected chi connectivity index (χ3v) is 26.4. The maximum Gasteiger partial charge on any atom is 0.255 e. The number of amides is 4. The minimum atomic E-state index is -0.305. The number of para-hydroxylation sites is 2. The van der Waals surface area contributed by atoms with Gasteiger partial charge in [-0.3, -0.25) is 24.1 Å². The summed E-state index contributed by atoms with van der Waals surface area (Å²) in [7, 11) is 6.05. The number of carbonyl (C=O) groups is 4. The zero-order chi connectivity index (χ0) is 102. The van der Waals surface area contributed by atoms with Crippen molar-refractivity contribution in [3.05, 3.63) is 395 Å². The topological polar surface area (TPSA) is 234 Å². The second-order valence-corrected chi connectivity index (χ2v) is 37.7. The third-order valence-electron chi connectivity index (χ3n) is 26.4. The van der Waals surface area contributed by atoms with E-state index < -0.39 is 0 Å². The van der Waals surface area contributed by atoms with E-state index in [0.29, 0.717) is 70.0 Å². The Morgan fingerprint density at radius 3 is 1.10 bits per heavy atom. The Bertz CT molecular complexity index is 7170. The highest BCUT2D eigenvalue weighted by Crippen LogP contribution is 2.37. The van der Waals surface area contributed by atoms with Crippen molar-refractivity contribution >= 4 is 80.8 Å². The first-order valence-electron chi connectivity index (χ1n) is 49.6. The van der Waals surface area contributed by atoms with Crippen molar-refractivity contribution in [3.63, 3.8) is 0 Å². The number of piperazine rings is 3. The summed E-state index contributed by atoms with van der Waals surface area (Å²) in [5.74, 6) is 2.22. The molecule has 4 saturated heterocycles. The van der Waals surface area contributed by atoms with Gasteiger partial charge < -0.3 is 93.2 Å². The van der Waals surface area contributed by atoms with Gasteiger partial charge in [-0.1, -0.05) is 72.3 Å². The van der Waals surface area contributed by atoms with Gasteiger partial charge in [-0.15, -0.1) is 0 Å². The summed E-state index contributed by atoms with van der Waals surface area (Å²) in [5, 5.41) is 15.7. The van der Waals surface area contributed by atoms with Crippen LogP contribution in [-0.4, -0.2) is 206 Å². The Kier molecular flexibility index (Phi) is 33.2. The molecule has 0 bridgehead atoms. The highest BCUT2D eigenvalue weighted by atomic mass is 19.1. The first-order chi connectivity index (χ1) is 70.8. The number of benzene rings is 11. The molecule has 0 atom stereocenters. The number of halogens is 1. The van der Waals surface area contributed by atoms with E-state index in [0.717, 1.165) is 212 Å². The van der Waals surface area contributed by atoms with Crippen LogP contribution in [0.2, 0.25) is 0 Å². The van der Waals surface area contributed by atoms with Crippen molar-refractivity contribution in [2.24, 2.45) is 0 Å². The number of aryl methyl sites for hydroxylation is 8. The summed E-state index contributed by atoms with van der Waals surface area (Å²) in [6, 6.07) is 84.7. The van der Waals surface area contributed by atoms with Crippen LogP contribution in [0.4, 0.5) is 61.5 Å². The van der Waals surface area contributed by atoms with Crippen molar-refractivity contribution in [3.8, 4) is 57.0 Å². The fourth-order valence-electron chi connectivity index (χ4n) is 17.7. The molecule has 0 unspecified atom stereocenters. The quantitative estimate of drug-likeness (QED) is 0.0339. The maximum atomic E-state index is 13.5. The molecule has 0 saturated carbocycles. The predicted octanol–water partition coefficient (Wildman–Crippen LogP) is 22.4. The highest BCUT2D eigenvalue weighted by Gasteiger charge is 2.26. The van der Waals surface area contributed by atoms with Crippen LogP contribution in [0.25, 0.3) is 34.0 Å². The van der Waals surface area contributed by atoms with E-state index >= 15 is 0 Å². The lowest BCUT2D eigenvalue weighted by Crippen LogP contribution is -2.47. The molecule has 5 N–H and O–H groups in total. The Labute approximate surface area is 854 Å². The lowest BCUT2D eigenvalue weighted by atomic mass is 10.1. The van der Waals surface area contributed by atoms with Gasteiger partial charge in [-0.2, -0.15) is 0 Å². The Morgan fingerprint density at radius 1 is 0.356 bits per heavy atom. The van der Waals surface area contributed by atoms with Gasteiger partial charge in [0.05, 0.1) is 25.5 Å². The number of anilines is 10. The molecule has 4 aliphatic heterocycles. The molecule has 20 rings (SSSR count). The van der Waals surface area contributed by atoms with Gasteiger partial charge in [-0.25, -0.2) is 14.4 Å². The van der Waals surface area contributed by atoms with E-state index in [2.05, 4.69) is 241 Å². The molecule has 9 heterocycles. The van der Waals surface area contributed by atoms with E-state index in [-0.39, 0.29) is 29.4 Å². The third kappa shape index (κ3) is 27.2. The van der Waals surface area contributed by atoms with Gasteiger partial charge in [0.15, 0.2) is 0 Å². The number of aromatic nitrogens is 6. The van der Waals surface area contributed by atoms with Crippen molar-refractivity contribution in [1.29, 1.82) is 0 Å². The fraction of sp³-hybridized carbons (Fsp3) is 0.244. The van der Waals surface area contributed by atoms with Crippen molar-refractivity contribution < 1.29 is 42.5 Å². The number of nitrogens with zero attached hydrogens (tertiary/aromatic N) is 13. The first kappa shape index (κ1) is 101. The monoisotopic (exact) mass is 1960 g/mol. The molecule has 146 heavy (non-hydrogen) atoms. The van der Waals surface area contributed by atoms with Gasteiger partial charge in [-0.05, 0) is 309 Å². The van der Waals surface area contributed by atoms with Gasteiger partial charge in [0.2, 0.25) is 5.95 Å². The summed E-state index contributed by atoms with van der Waals surface area (Å²) in [6.45, 7) is 32.6. The standard InChI is InChI=1S/C33H31FN6O2.C32H36N4O3.C30H32N4O2.C24H28N4O/c1-22-10-12-40(21-22)29-19-27(18-28(20-29)39-13-15-42-16-14-39)36-32(41)25-4-3-23(2)31(17-25)38-33-35-11-9-30(37-33)24-5-7-26(34)8-6-24;1-24-11-12-36(23-24)29-21-27(20-28(22-29)35-15-13-34(14-16-35)17-18-38-3)33-32(37)26-10-9-25(2)31(19-26)39-30-7-5-4-6-8-30;1-22-11-12-34(21-22)27-19-25(18-26(20-27)33-15-13-32(3)14-16-33)31-30(35)24-10-9-23(2)29(17-24)36-28-7-5-4-6-8-28;1-18-4-6-20(7-5-18)24(29)25-21-14-22(27-12-10-26(3)11-13-27)16-23(15-21)28-9-8-19(2)17-28/h3-12,17-21H,13-16H2,1-2H3,(H,36,41)(H,35,37,38);4-12,19-23H,13-18H2,1-3H3,(H,33,37);4-12,17-21H,13-16H2,1-3H3,(H,31,35);4-9,14-17H,10-13H2,1-3H3,(H,25,29). The summed E-state index contributed by atoms with van der Waals surface area (Å²) < 4.78 is 44.6. The van der Waals surface area contributed by atoms with Gasteiger partial charge in [0.25, 0.3) is 23.6 Å². The maximum absolute atomic E-state index is 13.5. The zero-order valence-electron chi connectivity index (χ0n) is 84.8. The normalized spacial score (nSPS) is 13.9. The minimum absolute atomic E-state index is 0.0878. The van der Waals surface area contributed by atoms with Crippen molar-refractivity contribution in [2.75, 3.05) is 185 Å². The van der Waals surface area contributed by atoms with E-state index in [9.17, 15) is 23.6 Å². The number of ether oxygens (including phenoxy) is 4. The van der Waals surface area contributed by atoms with Crippen molar-refractivity contribution in [2.45, 2.75) is 55.4 Å². The number of morpholine rings is 1. The van der Waals surface area contributed by atoms with Gasteiger partial charge in [0, 0.05) is 263 Å². The van der Waals surface area contributed by atoms with Crippen LogP contribution in [-0.2, 0) is 9.47 Å². The van der Waals surface area contributed by atoms with Crippen LogP contribution in [0.15, 0.2) is 323 Å². The van der Waals surface area contributed by atoms with Crippen LogP contribution in [0.1, 0.15) is 85.9 Å². The predicted molar refractivity (Wildman–Crippen MR) is 585 cm³/mol. The molecule has 27 heteroatoms. The van der Waals surface area contributed by atoms with E-state index in [1.54, 1.807) is 55.8 Å². The molecular formula is C119H127FN18O8. The largest absolute Gasteiger partial charge is 0.457 e. The smallest absolute Gasteiger partial charge is 0.255 e. The molecule has 5 aromatic heterocycles. The van der Waals surface area contributed by atoms with E-state index in [1.807, 2.05) is 179 Å². The molecule has 4 amide bonds. The molecular weight excluding hydrogens is 1830 g/mol. The Morgan fingerprint density at radius 2 is 0.712 bits per heavy atom. The van der Waals surface area contributed by atoms with Crippen LogP contribution in [0, 0.1) is 61.2 Å². The summed E-state index contributed by atoms with van der Waals surface area (Å²) in [4.78, 5) is 78.5. The number of methoxy groups -OCH3 is 1. The Balaban J connectivity index is 0.000000134. The average molecular weight is 1960 g/mol. The van der Waals surface area contributed by atoms with Crippen LogP contribution >= 0.6 is 0 Å². The van der Waals surface area contributed by atoms with Gasteiger partial charge >= 0.3 is 0 Å². The van der Waals surface area contributed by atoms with E-state index in [1.165, 1.54) is 28.8 Å². The average Bonchev–Trinajstić information content (AvgIpc) is 1.34. The Hall–Kier alpha value is -16.2. The van der Waals surface area contributed by atoms with E-state index in [4.69, 9.17) is 18.9 Å². The number of hydrogen-bond donors (Lipinski definition) is 5. The number of rotatable bonds is 26. The highest BCUT2D eigenvalue weighted by molar-refractivity contribution is 6.08. The minimum Gasteiger partial charge on any atom is -0.457 e. The number of carbonyl (C=O) groups excluding carboxylic acids is 4. The molecule has 748 valence electrons. The SMILES string of the molecule is COCCN1CCN(c2cc(NC(=O)c3ccc(C)c(Oc4ccccc4)c3)cc(-n3ccc(C)c3)c2)CC1.Cc1ccc(C(=O)Nc2cc(N3CCN(C)CC3)cc(-n3ccc(C)c3)c2)cc1.Cc1ccn(-c2cc(NC(=O)c3ccc(C)c(Nc4nccc(-c5ccc(F)cc5)n4)c3)cc(N3CCOCC3)c2)c1.Cc1ccn(-c2cc(NC(=O)c3ccc(C)c(Oc4ccccc4)c3)cc(N3CCN(C)CC3)c2)c1. The molecule has 26 nitrogen and oxygen atoms in total. The second-order valence-electron chi connectivity index (χ2n) is 37.7. The van der Waals surface area contributed by atoms with Crippen molar-refractivity contribution in [1.82, 2.24) is 42.9 Å². The summed E-state index contributed by atoms with van der Waals surface area (Å²) >= 11 is 0.